The van der Waals surface area contributed by atoms with Crippen LogP contribution in [0.2, 0.25) is 0 Å². The second kappa shape index (κ2) is 4.33. The molecule has 2 heteroatoms. The molecule has 0 amide bonds. The second-order valence-corrected chi connectivity index (χ2v) is 4.76. The highest BCUT2D eigenvalue weighted by molar-refractivity contribution is 5.15. The Morgan fingerprint density at radius 2 is 2.07 bits per heavy atom. The van der Waals surface area contributed by atoms with Gasteiger partial charge in [0.15, 0.2) is 0 Å². The lowest BCUT2D eigenvalue weighted by molar-refractivity contribution is 0.294. The summed E-state index contributed by atoms with van der Waals surface area (Å²) in [4.78, 5) is 2.52. The fourth-order valence-corrected chi connectivity index (χ4v) is 2.24. The van der Waals surface area contributed by atoms with Crippen LogP contribution in [0.4, 0.5) is 0 Å². The Labute approximate surface area is 92.3 Å². The molecule has 0 aromatic heterocycles. The van der Waals surface area contributed by atoms with E-state index < -0.39 is 0 Å². The van der Waals surface area contributed by atoms with Crippen molar-refractivity contribution in [1.29, 1.82) is 0 Å². The molecule has 1 heterocycles. The van der Waals surface area contributed by atoms with Crippen molar-refractivity contribution in [2.24, 2.45) is 0 Å². The molecule has 1 aliphatic heterocycles. The maximum atomic E-state index is 3.41. The lowest BCUT2D eigenvalue weighted by Gasteiger charge is -2.24. The van der Waals surface area contributed by atoms with E-state index in [0.29, 0.717) is 5.54 Å². The summed E-state index contributed by atoms with van der Waals surface area (Å²) < 4.78 is 0. The zero-order chi connectivity index (χ0) is 10.7. The molecule has 0 radical (unpaired) electrons. The van der Waals surface area contributed by atoms with E-state index >= 15 is 0 Å². The van der Waals surface area contributed by atoms with Gasteiger partial charge in [-0.2, -0.15) is 0 Å². The van der Waals surface area contributed by atoms with E-state index in [2.05, 4.69) is 54.5 Å². The van der Waals surface area contributed by atoms with Gasteiger partial charge in [-0.3, -0.25) is 4.90 Å². The average molecular weight is 204 g/mol. The van der Waals surface area contributed by atoms with Crippen LogP contribution in [0.3, 0.4) is 0 Å². The molecule has 0 aliphatic carbocycles. The minimum Gasteiger partial charge on any atom is -0.313 e. The Balaban J connectivity index is 1.93. The molecule has 82 valence electrons. The first-order chi connectivity index (χ1) is 7.22. The lowest BCUT2D eigenvalue weighted by Crippen LogP contribution is -2.42. The van der Waals surface area contributed by atoms with Crippen LogP contribution in [0.1, 0.15) is 18.9 Å². The van der Waals surface area contributed by atoms with Gasteiger partial charge in [-0.25, -0.2) is 0 Å². The van der Waals surface area contributed by atoms with Crippen molar-refractivity contribution in [3.63, 3.8) is 0 Å². The molecule has 1 saturated heterocycles. The number of rotatable bonds is 3. The molecule has 1 aliphatic rings. The van der Waals surface area contributed by atoms with Gasteiger partial charge in [0.1, 0.15) is 0 Å². The summed E-state index contributed by atoms with van der Waals surface area (Å²) in [6, 6.07) is 10.7. The highest BCUT2D eigenvalue weighted by Crippen LogP contribution is 2.21. The fourth-order valence-electron chi connectivity index (χ4n) is 2.24. The Morgan fingerprint density at radius 3 is 2.67 bits per heavy atom. The Morgan fingerprint density at radius 1 is 1.33 bits per heavy atom. The average Bonchev–Trinajstić information content (AvgIpc) is 2.63. The summed E-state index contributed by atoms with van der Waals surface area (Å²) in [5, 5.41) is 3.41. The van der Waals surface area contributed by atoms with Gasteiger partial charge in [0.25, 0.3) is 0 Å². The van der Waals surface area contributed by atoms with Crippen LogP contribution in [-0.4, -0.2) is 30.6 Å². The normalized spacial score (nSPS) is 27.1. The van der Waals surface area contributed by atoms with Gasteiger partial charge < -0.3 is 5.32 Å². The molecule has 2 nitrogen and oxygen atoms in total. The van der Waals surface area contributed by atoms with Crippen LogP contribution >= 0.6 is 0 Å². The van der Waals surface area contributed by atoms with Gasteiger partial charge in [0, 0.05) is 25.2 Å². The van der Waals surface area contributed by atoms with Crippen molar-refractivity contribution in [2.45, 2.75) is 25.4 Å². The molecular weight excluding hydrogens is 184 g/mol. The Bertz CT molecular complexity index is 310. The first-order valence-electron chi connectivity index (χ1n) is 5.67. The van der Waals surface area contributed by atoms with Crippen molar-refractivity contribution in [3.05, 3.63) is 35.9 Å². The first kappa shape index (κ1) is 10.7. The predicted octanol–water partition coefficient (Wildman–Crippen LogP) is 1.87. The Hall–Kier alpha value is -0.860. The molecule has 1 N–H and O–H groups in total. The van der Waals surface area contributed by atoms with Crippen LogP contribution in [0, 0.1) is 0 Å². The molecule has 1 aromatic rings. The van der Waals surface area contributed by atoms with E-state index in [0.717, 1.165) is 13.1 Å². The maximum absolute atomic E-state index is 3.41. The highest BCUT2D eigenvalue weighted by Gasteiger charge is 2.31. The molecule has 15 heavy (non-hydrogen) atoms. The zero-order valence-electron chi connectivity index (χ0n) is 9.66. The van der Waals surface area contributed by atoms with Crippen LogP contribution < -0.4 is 5.32 Å². The SMILES string of the molecule is CN[C@]1(C)CCN(Cc2ccccc2)C1. The van der Waals surface area contributed by atoms with E-state index in [4.69, 9.17) is 0 Å². The van der Waals surface area contributed by atoms with Gasteiger partial charge in [-0.1, -0.05) is 30.3 Å². The number of likely N-dealkylation sites (N-methyl/N-ethyl adjacent to an activating group) is 1. The summed E-state index contributed by atoms with van der Waals surface area (Å²) in [6.07, 6.45) is 1.25. The quantitative estimate of drug-likeness (QED) is 0.808. The van der Waals surface area contributed by atoms with Gasteiger partial charge in [0.05, 0.1) is 0 Å². The van der Waals surface area contributed by atoms with E-state index in [9.17, 15) is 0 Å². The highest BCUT2D eigenvalue weighted by atomic mass is 15.2. The molecule has 1 aromatic carbocycles. The number of likely N-dealkylation sites (tertiary alicyclic amines) is 1. The van der Waals surface area contributed by atoms with Crippen molar-refractivity contribution < 1.29 is 0 Å². The van der Waals surface area contributed by atoms with Gasteiger partial charge in [0.2, 0.25) is 0 Å². The maximum Gasteiger partial charge on any atom is 0.0289 e. The van der Waals surface area contributed by atoms with Gasteiger partial charge in [-0.05, 0) is 26.0 Å². The summed E-state index contributed by atoms with van der Waals surface area (Å²) in [7, 11) is 2.06. The fraction of sp³-hybridized carbons (Fsp3) is 0.538. The Kier molecular flexibility index (Phi) is 3.08. The van der Waals surface area contributed by atoms with Gasteiger partial charge in [-0.15, -0.1) is 0 Å². The molecule has 1 atom stereocenters. The number of hydrogen-bond donors (Lipinski definition) is 1. The summed E-state index contributed by atoms with van der Waals surface area (Å²) >= 11 is 0. The second-order valence-electron chi connectivity index (χ2n) is 4.76. The summed E-state index contributed by atoms with van der Waals surface area (Å²) in [5.74, 6) is 0. The van der Waals surface area contributed by atoms with Crippen LogP contribution in [0.15, 0.2) is 30.3 Å². The third-order valence-electron chi connectivity index (χ3n) is 3.40. The summed E-state index contributed by atoms with van der Waals surface area (Å²) in [5.41, 5.74) is 1.73. The number of hydrogen-bond acceptors (Lipinski definition) is 2. The minimum absolute atomic E-state index is 0.314. The van der Waals surface area contributed by atoms with Crippen LogP contribution in [0.25, 0.3) is 0 Å². The summed E-state index contributed by atoms with van der Waals surface area (Å²) in [6.45, 7) is 5.74. The van der Waals surface area contributed by atoms with Gasteiger partial charge >= 0.3 is 0 Å². The molecule has 0 unspecified atom stereocenters. The molecule has 0 spiro atoms. The van der Waals surface area contributed by atoms with E-state index in [1.807, 2.05) is 0 Å². The third-order valence-corrected chi connectivity index (χ3v) is 3.40. The minimum atomic E-state index is 0.314. The monoisotopic (exact) mass is 204 g/mol. The molecule has 1 fully saturated rings. The van der Waals surface area contributed by atoms with E-state index in [-0.39, 0.29) is 0 Å². The van der Waals surface area contributed by atoms with Crippen molar-refractivity contribution in [2.75, 3.05) is 20.1 Å². The van der Waals surface area contributed by atoms with Crippen molar-refractivity contribution >= 4 is 0 Å². The molecule has 0 saturated carbocycles. The first-order valence-corrected chi connectivity index (χ1v) is 5.67. The number of benzene rings is 1. The van der Waals surface area contributed by atoms with E-state index in [1.54, 1.807) is 0 Å². The van der Waals surface area contributed by atoms with E-state index in [1.165, 1.54) is 18.5 Å². The molecule has 0 bridgehead atoms. The van der Waals surface area contributed by atoms with Crippen LogP contribution in [0.5, 0.6) is 0 Å². The molecular formula is C13H20N2. The van der Waals surface area contributed by atoms with Crippen LogP contribution in [-0.2, 0) is 6.54 Å². The predicted molar refractivity (Wildman–Crippen MR) is 63.8 cm³/mol. The van der Waals surface area contributed by atoms with Crippen molar-refractivity contribution in [3.8, 4) is 0 Å². The molecule has 2 rings (SSSR count). The smallest absolute Gasteiger partial charge is 0.0289 e. The standard InChI is InChI=1S/C13H20N2/c1-13(14-2)8-9-15(11-13)10-12-6-4-3-5-7-12/h3-7,14H,8-11H2,1-2H3/t13-/m1/s1. The number of nitrogens with one attached hydrogen (secondary N) is 1. The van der Waals surface area contributed by atoms with Crippen molar-refractivity contribution in [1.82, 2.24) is 10.2 Å². The third kappa shape index (κ3) is 2.58. The topological polar surface area (TPSA) is 15.3 Å². The lowest BCUT2D eigenvalue weighted by atomic mass is 10.0. The number of nitrogens with zero attached hydrogens (tertiary/aromatic N) is 1. The largest absolute Gasteiger partial charge is 0.313 e. The zero-order valence-corrected chi connectivity index (χ0v) is 9.66.